The van der Waals surface area contributed by atoms with Crippen LogP contribution in [0.2, 0.25) is 10.0 Å². The van der Waals surface area contributed by atoms with Crippen molar-refractivity contribution >= 4 is 51.7 Å². The molecule has 2 aromatic carbocycles. The average molecular weight is 493 g/mol. The van der Waals surface area contributed by atoms with E-state index in [1.807, 2.05) is 24.6 Å². The Morgan fingerprint density at radius 3 is 2.78 bits per heavy atom. The second-order valence-electron chi connectivity index (χ2n) is 7.46. The summed E-state index contributed by atoms with van der Waals surface area (Å²) in [4.78, 5) is 3.54. The van der Waals surface area contributed by atoms with Crippen molar-refractivity contribution in [2.75, 3.05) is 11.3 Å². The molecule has 0 bridgehead atoms. The SMILES string of the molecule is Cc1cc(C)n(CCCCOc2cccc(SNc3ccc(Cl)c4c(Cl)c[nH]c34)c2F)n1. The maximum absolute atomic E-state index is 14.9. The van der Waals surface area contributed by atoms with Crippen molar-refractivity contribution < 1.29 is 9.13 Å². The molecule has 0 atom stereocenters. The first-order chi connectivity index (χ1) is 15.4. The molecule has 0 amide bonds. The van der Waals surface area contributed by atoms with Crippen molar-refractivity contribution in [3.8, 4) is 5.75 Å². The lowest BCUT2D eigenvalue weighted by Gasteiger charge is -2.12. The van der Waals surface area contributed by atoms with Crippen LogP contribution in [0.3, 0.4) is 0 Å². The molecule has 168 valence electrons. The van der Waals surface area contributed by atoms with E-state index in [9.17, 15) is 4.39 Å². The summed E-state index contributed by atoms with van der Waals surface area (Å²) in [7, 11) is 0. The smallest absolute Gasteiger partial charge is 0.180 e. The highest BCUT2D eigenvalue weighted by Crippen LogP contribution is 2.37. The minimum atomic E-state index is -0.390. The summed E-state index contributed by atoms with van der Waals surface area (Å²) in [5.74, 6) is -0.148. The Kier molecular flexibility index (Phi) is 7.18. The topological polar surface area (TPSA) is 54.9 Å². The van der Waals surface area contributed by atoms with Gasteiger partial charge in [-0.25, -0.2) is 4.39 Å². The van der Waals surface area contributed by atoms with Gasteiger partial charge >= 0.3 is 0 Å². The molecule has 0 saturated carbocycles. The molecule has 0 spiro atoms. The lowest BCUT2D eigenvalue weighted by Crippen LogP contribution is -2.06. The molecule has 0 unspecified atom stereocenters. The van der Waals surface area contributed by atoms with Crippen LogP contribution in [0.5, 0.6) is 5.75 Å². The molecule has 4 rings (SSSR count). The standard InChI is InChI=1S/C23H23Cl2FN4OS/c1-14-12-15(2)30(28-14)10-3-4-11-31-19-6-5-7-20(22(19)26)32-29-18-9-8-16(24)21-17(25)13-27-23(18)21/h5-9,12-13,27,29H,3-4,10-11H2,1-2H3. The van der Waals surface area contributed by atoms with Gasteiger partial charge in [0.25, 0.3) is 0 Å². The van der Waals surface area contributed by atoms with Crippen LogP contribution in [0.4, 0.5) is 10.1 Å². The third-order valence-electron chi connectivity index (χ3n) is 5.06. The van der Waals surface area contributed by atoms with Crippen LogP contribution in [0.15, 0.2) is 47.5 Å². The predicted molar refractivity (Wildman–Crippen MR) is 131 cm³/mol. The third kappa shape index (κ3) is 5.00. The second kappa shape index (κ2) is 10.1. The molecule has 32 heavy (non-hydrogen) atoms. The molecular weight excluding hydrogens is 470 g/mol. The summed E-state index contributed by atoms with van der Waals surface area (Å²) < 4.78 is 25.8. The van der Waals surface area contributed by atoms with Gasteiger partial charge in [-0.3, -0.25) is 4.68 Å². The molecule has 4 aromatic rings. The number of ether oxygens (including phenoxy) is 1. The maximum Gasteiger partial charge on any atom is 0.180 e. The normalized spacial score (nSPS) is 11.3. The van der Waals surface area contributed by atoms with Gasteiger partial charge in [0.1, 0.15) is 0 Å². The Hall–Kier alpha value is -2.35. The summed E-state index contributed by atoms with van der Waals surface area (Å²) >= 11 is 13.6. The van der Waals surface area contributed by atoms with Crippen molar-refractivity contribution in [3.05, 3.63) is 69.8 Å². The zero-order chi connectivity index (χ0) is 22.7. The van der Waals surface area contributed by atoms with Crippen molar-refractivity contribution in [1.82, 2.24) is 14.8 Å². The molecule has 0 fully saturated rings. The van der Waals surface area contributed by atoms with E-state index in [1.165, 1.54) is 11.9 Å². The highest BCUT2D eigenvalue weighted by atomic mass is 35.5. The van der Waals surface area contributed by atoms with Crippen molar-refractivity contribution in [2.24, 2.45) is 0 Å². The first kappa shape index (κ1) is 22.8. The minimum absolute atomic E-state index is 0.243. The van der Waals surface area contributed by atoms with E-state index in [0.717, 1.165) is 47.4 Å². The molecule has 5 nitrogen and oxygen atoms in total. The number of H-pyrrole nitrogens is 1. The molecule has 0 saturated heterocycles. The Bertz CT molecular complexity index is 1240. The van der Waals surface area contributed by atoms with Crippen LogP contribution in [-0.4, -0.2) is 21.4 Å². The van der Waals surface area contributed by atoms with Crippen LogP contribution in [-0.2, 0) is 6.54 Å². The summed E-state index contributed by atoms with van der Waals surface area (Å²) in [5, 5.41) is 6.28. The lowest BCUT2D eigenvalue weighted by atomic mass is 10.2. The Labute approximate surface area is 200 Å². The molecule has 0 aliphatic rings. The second-order valence-corrected chi connectivity index (χ2v) is 9.12. The van der Waals surface area contributed by atoms with Gasteiger partial charge in [0.15, 0.2) is 11.6 Å². The number of hydrogen-bond acceptors (Lipinski definition) is 4. The van der Waals surface area contributed by atoms with E-state index in [1.54, 1.807) is 30.5 Å². The minimum Gasteiger partial charge on any atom is -0.490 e. The first-order valence-corrected chi connectivity index (χ1v) is 11.8. The quantitative estimate of drug-likeness (QED) is 0.188. The van der Waals surface area contributed by atoms with Crippen LogP contribution in [0, 0.1) is 19.7 Å². The van der Waals surface area contributed by atoms with Gasteiger partial charge in [-0.15, -0.1) is 0 Å². The number of aryl methyl sites for hydroxylation is 3. The molecule has 2 N–H and O–H groups in total. The van der Waals surface area contributed by atoms with Crippen LogP contribution >= 0.6 is 35.1 Å². The van der Waals surface area contributed by atoms with Gasteiger partial charge in [0.05, 0.1) is 38.4 Å². The van der Waals surface area contributed by atoms with Crippen molar-refractivity contribution in [3.63, 3.8) is 0 Å². The lowest BCUT2D eigenvalue weighted by molar-refractivity contribution is 0.285. The van der Waals surface area contributed by atoms with E-state index in [0.29, 0.717) is 21.5 Å². The van der Waals surface area contributed by atoms with Gasteiger partial charge < -0.3 is 14.4 Å². The fourth-order valence-corrected chi connectivity index (χ4v) is 4.78. The number of nitrogens with one attached hydrogen (secondary N) is 2. The fraction of sp³-hybridized carbons (Fsp3) is 0.261. The number of anilines is 1. The van der Waals surface area contributed by atoms with E-state index in [2.05, 4.69) is 20.9 Å². The van der Waals surface area contributed by atoms with Gasteiger partial charge in [0.2, 0.25) is 0 Å². The van der Waals surface area contributed by atoms with E-state index in [-0.39, 0.29) is 5.75 Å². The first-order valence-electron chi connectivity index (χ1n) is 10.2. The average Bonchev–Trinajstić information content (AvgIpc) is 3.31. The van der Waals surface area contributed by atoms with Crippen molar-refractivity contribution in [2.45, 2.75) is 38.1 Å². The van der Waals surface area contributed by atoms with Crippen molar-refractivity contribution in [1.29, 1.82) is 0 Å². The summed E-state index contributed by atoms with van der Waals surface area (Å²) in [5.41, 5.74) is 3.69. The number of rotatable bonds is 9. The number of unbranched alkanes of at least 4 members (excludes halogenated alkanes) is 1. The molecule has 9 heteroatoms. The van der Waals surface area contributed by atoms with Gasteiger partial charge in [-0.1, -0.05) is 29.3 Å². The van der Waals surface area contributed by atoms with E-state index in [4.69, 9.17) is 27.9 Å². The van der Waals surface area contributed by atoms with Crippen LogP contribution in [0.25, 0.3) is 10.9 Å². The Balaban J connectivity index is 1.33. The molecule has 0 radical (unpaired) electrons. The number of aromatic amines is 1. The summed E-state index contributed by atoms with van der Waals surface area (Å²) in [6.07, 6.45) is 3.40. The maximum atomic E-state index is 14.9. The Morgan fingerprint density at radius 2 is 2.00 bits per heavy atom. The van der Waals surface area contributed by atoms with Gasteiger partial charge in [-0.2, -0.15) is 5.10 Å². The number of aromatic nitrogens is 3. The van der Waals surface area contributed by atoms with Crippen LogP contribution < -0.4 is 9.46 Å². The molecule has 0 aliphatic carbocycles. The highest BCUT2D eigenvalue weighted by molar-refractivity contribution is 8.00. The Morgan fingerprint density at radius 1 is 1.16 bits per heavy atom. The summed E-state index contributed by atoms with van der Waals surface area (Å²) in [6.45, 7) is 5.29. The third-order valence-corrected chi connectivity index (χ3v) is 6.53. The molecule has 0 aliphatic heterocycles. The number of halogens is 3. The number of fused-ring (bicyclic) bond motifs is 1. The zero-order valence-corrected chi connectivity index (χ0v) is 20.0. The van der Waals surface area contributed by atoms with E-state index < -0.39 is 5.82 Å². The predicted octanol–water partition coefficient (Wildman–Crippen LogP) is 7.41. The van der Waals surface area contributed by atoms with Crippen LogP contribution in [0.1, 0.15) is 24.2 Å². The van der Waals surface area contributed by atoms with E-state index >= 15 is 0 Å². The number of benzene rings is 2. The highest BCUT2D eigenvalue weighted by Gasteiger charge is 2.13. The molecular formula is C23H23Cl2FN4OS. The molecule has 2 heterocycles. The molecule has 2 aromatic heterocycles. The number of hydrogen-bond donors (Lipinski definition) is 2. The van der Waals surface area contributed by atoms with Gasteiger partial charge in [0, 0.05) is 23.8 Å². The van der Waals surface area contributed by atoms with Gasteiger partial charge in [-0.05, 0) is 69.0 Å². The zero-order valence-electron chi connectivity index (χ0n) is 17.7. The fourth-order valence-electron chi connectivity index (χ4n) is 3.49. The number of nitrogens with zero attached hydrogens (tertiary/aromatic N) is 2. The monoisotopic (exact) mass is 492 g/mol. The summed E-state index contributed by atoms with van der Waals surface area (Å²) in [6, 6.07) is 10.8. The largest absolute Gasteiger partial charge is 0.490 e.